The zero-order chi connectivity index (χ0) is 14.7. The van der Waals surface area contributed by atoms with Crippen molar-refractivity contribution >= 4 is 5.91 Å². The highest BCUT2D eigenvalue weighted by Crippen LogP contribution is 2.22. The summed E-state index contributed by atoms with van der Waals surface area (Å²) in [6.45, 7) is 7.34. The normalized spacial score (nSPS) is 16.5. The number of aliphatic hydroxyl groups is 1. The maximum atomic E-state index is 12.2. The van der Waals surface area contributed by atoms with Gasteiger partial charge in [-0.2, -0.15) is 0 Å². The molecule has 0 saturated heterocycles. The number of hydrogen-bond donors (Lipinski definition) is 3. The summed E-state index contributed by atoms with van der Waals surface area (Å²) in [5.74, 6) is -0.257. The second-order valence-corrected chi connectivity index (χ2v) is 6.19. The predicted octanol–water partition coefficient (Wildman–Crippen LogP) is 1.38. The van der Waals surface area contributed by atoms with Gasteiger partial charge in [-0.1, -0.05) is 51.1 Å². The summed E-state index contributed by atoms with van der Waals surface area (Å²) >= 11 is 0. The van der Waals surface area contributed by atoms with Gasteiger partial charge >= 0.3 is 0 Å². The SMILES string of the molecule is CC(CO)(NC(=O)[C@@H](N)C(C)(C)C)c1ccccc1. The Morgan fingerprint density at radius 2 is 1.79 bits per heavy atom. The minimum atomic E-state index is -0.818. The van der Waals surface area contributed by atoms with Crippen molar-refractivity contribution in [1.29, 1.82) is 0 Å². The summed E-state index contributed by atoms with van der Waals surface area (Å²) < 4.78 is 0. The monoisotopic (exact) mass is 264 g/mol. The molecular formula is C15H24N2O2. The van der Waals surface area contributed by atoms with Gasteiger partial charge in [-0.25, -0.2) is 0 Å². The molecule has 0 heterocycles. The molecule has 0 fully saturated rings. The molecule has 2 atom stereocenters. The van der Waals surface area contributed by atoms with Crippen molar-refractivity contribution in [3.8, 4) is 0 Å². The minimum Gasteiger partial charge on any atom is -0.394 e. The standard InChI is InChI=1S/C15H24N2O2/c1-14(2,3)12(16)13(19)17-15(4,10-18)11-8-6-5-7-9-11/h5-9,12,18H,10,16H2,1-4H3,(H,17,19)/t12-,15?/m1/s1. The van der Waals surface area contributed by atoms with Crippen molar-refractivity contribution in [2.75, 3.05) is 6.61 Å². The Bertz CT molecular complexity index is 426. The lowest BCUT2D eigenvalue weighted by Crippen LogP contribution is -2.55. The molecule has 1 aromatic rings. The molecule has 0 saturated carbocycles. The molecule has 0 aromatic heterocycles. The van der Waals surface area contributed by atoms with Crippen molar-refractivity contribution in [3.63, 3.8) is 0 Å². The van der Waals surface area contributed by atoms with Crippen LogP contribution in [0.3, 0.4) is 0 Å². The van der Waals surface area contributed by atoms with Crippen molar-refractivity contribution in [1.82, 2.24) is 5.32 Å². The van der Waals surface area contributed by atoms with Crippen molar-refractivity contribution < 1.29 is 9.90 Å². The number of hydrogen-bond acceptors (Lipinski definition) is 3. The molecule has 1 rings (SSSR count). The number of rotatable bonds is 4. The zero-order valence-electron chi connectivity index (χ0n) is 12.1. The van der Waals surface area contributed by atoms with Crippen LogP contribution in [0, 0.1) is 5.41 Å². The van der Waals surface area contributed by atoms with Crippen LogP contribution in [0.15, 0.2) is 30.3 Å². The van der Waals surface area contributed by atoms with Gasteiger partial charge in [0.2, 0.25) is 5.91 Å². The molecule has 0 spiro atoms. The van der Waals surface area contributed by atoms with E-state index in [2.05, 4.69) is 5.32 Å². The van der Waals surface area contributed by atoms with Crippen molar-refractivity contribution in [2.24, 2.45) is 11.1 Å². The first kappa shape index (κ1) is 15.7. The Morgan fingerprint density at radius 1 is 1.26 bits per heavy atom. The van der Waals surface area contributed by atoms with Gasteiger partial charge in [-0.3, -0.25) is 4.79 Å². The third-order valence-electron chi connectivity index (χ3n) is 3.34. The van der Waals surface area contributed by atoms with Gasteiger partial charge in [-0.15, -0.1) is 0 Å². The van der Waals surface area contributed by atoms with E-state index in [1.165, 1.54) is 0 Å². The Balaban J connectivity index is 2.91. The number of nitrogens with two attached hydrogens (primary N) is 1. The fourth-order valence-electron chi connectivity index (χ4n) is 1.75. The highest BCUT2D eigenvalue weighted by atomic mass is 16.3. The third kappa shape index (κ3) is 3.78. The molecule has 0 aliphatic carbocycles. The molecule has 4 nitrogen and oxygen atoms in total. The van der Waals surface area contributed by atoms with Crippen LogP contribution in [0.5, 0.6) is 0 Å². The highest BCUT2D eigenvalue weighted by molar-refractivity contribution is 5.83. The van der Waals surface area contributed by atoms with Crippen LogP contribution in [0.1, 0.15) is 33.3 Å². The highest BCUT2D eigenvalue weighted by Gasteiger charge is 2.33. The third-order valence-corrected chi connectivity index (χ3v) is 3.34. The second-order valence-electron chi connectivity index (χ2n) is 6.19. The van der Waals surface area contributed by atoms with Gasteiger partial charge in [0.15, 0.2) is 0 Å². The Morgan fingerprint density at radius 3 is 2.21 bits per heavy atom. The number of carbonyl (C=O) groups is 1. The average molecular weight is 264 g/mol. The van der Waals surface area contributed by atoms with Crippen molar-refractivity contribution in [3.05, 3.63) is 35.9 Å². The van der Waals surface area contributed by atoms with Crippen LogP contribution >= 0.6 is 0 Å². The first-order chi connectivity index (χ1) is 8.70. The number of aliphatic hydroxyl groups excluding tert-OH is 1. The van der Waals surface area contributed by atoms with E-state index in [0.29, 0.717) is 0 Å². The van der Waals surface area contributed by atoms with Crippen LogP contribution in [-0.4, -0.2) is 23.7 Å². The molecule has 1 amide bonds. The smallest absolute Gasteiger partial charge is 0.238 e. The first-order valence-electron chi connectivity index (χ1n) is 6.45. The quantitative estimate of drug-likeness (QED) is 0.769. The maximum absolute atomic E-state index is 12.2. The van der Waals surface area contributed by atoms with Crippen molar-refractivity contribution in [2.45, 2.75) is 39.3 Å². The molecule has 1 aromatic carbocycles. The molecule has 106 valence electrons. The van der Waals surface area contributed by atoms with E-state index in [1.807, 2.05) is 51.1 Å². The topological polar surface area (TPSA) is 75.3 Å². The van der Waals surface area contributed by atoms with E-state index in [4.69, 9.17) is 5.73 Å². The minimum absolute atomic E-state index is 0.181. The van der Waals surface area contributed by atoms with Gasteiger partial charge in [-0.05, 0) is 17.9 Å². The molecule has 4 heteroatoms. The van der Waals surface area contributed by atoms with E-state index in [0.717, 1.165) is 5.56 Å². The van der Waals surface area contributed by atoms with Gasteiger partial charge in [0.05, 0.1) is 18.2 Å². The fourth-order valence-corrected chi connectivity index (χ4v) is 1.75. The van der Waals surface area contributed by atoms with Crippen LogP contribution in [-0.2, 0) is 10.3 Å². The van der Waals surface area contributed by atoms with E-state index >= 15 is 0 Å². The molecule has 0 radical (unpaired) electrons. The molecule has 0 aliphatic rings. The average Bonchev–Trinajstić information content (AvgIpc) is 2.37. The first-order valence-corrected chi connectivity index (χ1v) is 6.45. The van der Waals surface area contributed by atoms with Crippen LogP contribution in [0.2, 0.25) is 0 Å². The zero-order valence-corrected chi connectivity index (χ0v) is 12.1. The summed E-state index contributed by atoms with van der Waals surface area (Å²) in [6, 6.07) is 8.77. The number of carbonyl (C=O) groups excluding carboxylic acids is 1. The van der Waals surface area contributed by atoms with Crippen LogP contribution < -0.4 is 11.1 Å². The van der Waals surface area contributed by atoms with E-state index < -0.39 is 11.6 Å². The molecular weight excluding hydrogens is 240 g/mol. The molecule has 0 aliphatic heterocycles. The summed E-state index contributed by atoms with van der Waals surface area (Å²) in [5, 5.41) is 12.5. The second kappa shape index (κ2) is 5.72. The Kier molecular flexibility index (Phi) is 4.71. The number of benzene rings is 1. The summed E-state index contributed by atoms with van der Waals surface area (Å²) in [5.41, 5.74) is 5.65. The maximum Gasteiger partial charge on any atom is 0.238 e. The molecule has 1 unspecified atom stereocenters. The molecule has 19 heavy (non-hydrogen) atoms. The number of nitrogens with one attached hydrogen (secondary N) is 1. The van der Waals surface area contributed by atoms with Gasteiger partial charge in [0, 0.05) is 0 Å². The Hall–Kier alpha value is -1.39. The fraction of sp³-hybridized carbons (Fsp3) is 0.533. The lowest BCUT2D eigenvalue weighted by Gasteiger charge is -2.33. The Labute approximate surface area is 115 Å². The van der Waals surface area contributed by atoms with Gasteiger partial charge in [0.25, 0.3) is 0 Å². The summed E-state index contributed by atoms with van der Waals surface area (Å²) in [6.07, 6.45) is 0. The lowest BCUT2D eigenvalue weighted by molar-refractivity contribution is -0.127. The van der Waals surface area contributed by atoms with E-state index in [9.17, 15) is 9.90 Å². The summed E-state index contributed by atoms with van der Waals surface area (Å²) in [7, 11) is 0. The molecule has 0 bridgehead atoms. The van der Waals surface area contributed by atoms with E-state index in [-0.39, 0.29) is 17.9 Å². The van der Waals surface area contributed by atoms with E-state index in [1.54, 1.807) is 6.92 Å². The van der Waals surface area contributed by atoms with Gasteiger partial charge < -0.3 is 16.2 Å². The number of amides is 1. The predicted molar refractivity (Wildman–Crippen MR) is 76.5 cm³/mol. The van der Waals surface area contributed by atoms with Gasteiger partial charge in [0.1, 0.15) is 0 Å². The lowest BCUT2D eigenvalue weighted by atomic mass is 9.85. The van der Waals surface area contributed by atoms with Crippen LogP contribution in [0.25, 0.3) is 0 Å². The van der Waals surface area contributed by atoms with Crippen LogP contribution in [0.4, 0.5) is 0 Å². The largest absolute Gasteiger partial charge is 0.394 e. The summed E-state index contributed by atoms with van der Waals surface area (Å²) in [4.78, 5) is 12.2. The molecule has 4 N–H and O–H groups in total.